The Bertz CT molecular complexity index is 1570. The average Bonchev–Trinajstić information content (AvgIpc) is 2.87. The van der Waals surface area contributed by atoms with Crippen LogP contribution in [0.25, 0.3) is 22.3 Å². The van der Waals surface area contributed by atoms with Gasteiger partial charge in [-0.1, -0.05) is 18.2 Å². The fourth-order valence-electron chi connectivity index (χ4n) is 4.10. The number of aryl methyl sites for hydroxylation is 2. The van der Waals surface area contributed by atoms with Crippen molar-refractivity contribution in [1.82, 2.24) is 0 Å². The molecule has 0 spiro atoms. The molecule has 9 nitrogen and oxygen atoms in total. The molecule has 37 heavy (non-hydrogen) atoms. The van der Waals surface area contributed by atoms with Crippen LogP contribution in [0.4, 0.5) is 5.69 Å². The van der Waals surface area contributed by atoms with Gasteiger partial charge in [0.25, 0.3) is 11.8 Å². The first-order chi connectivity index (χ1) is 17.7. The number of carbonyl (C=O) groups excluding carboxylic acids is 2. The molecule has 9 heteroatoms. The average molecular weight is 503 g/mol. The Morgan fingerprint density at radius 3 is 2.41 bits per heavy atom. The molecule has 0 saturated heterocycles. The summed E-state index contributed by atoms with van der Waals surface area (Å²) in [5.41, 5.74) is 7.87. The van der Waals surface area contributed by atoms with E-state index in [-0.39, 0.29) is 22.8 Å². The van der Waals surface area contributed by atoms with E-state index in [1.807, 2.05) is 13.0 Å². The zero-order valence-electron chi connectivity index (χ0n) is 20.8. The number of ether oxygens (including phenoxy) is 3. The van der Waals surface area contributed by atoms with E-state index in [2.05, 4.69) is 5.32 Å². The summed E-state index contributed by atoms with van der Waals surface area (Å²) in [6, 6.07) is 15.0. The lowest BCUT2D eigenvalue weighted by molar-refractivity contribution is -0.118. The number of nitrogens with two attached hydrogens (primary N) is 1. The van der Waals surface area contributed by atoms with Gasteiger partial charge in [0.2, 0.25) is 11.2 Å². The van der Waals surface area contributed by atoms with Crippen molar-refractivity contribution in [2.45, 2.75) is 13.8 Å². The van der Waals surface area contributed by atoms with Crippen molar-refractivity contribution in [2.75, 3.05) is 26.1 Å². The Morgan fingerprint density at radius 2 is 1.70 bits per heavy atom. The number of fused-ring (bicyclic) bond motifs is 1. The zero-order chi connectivity index (χ0) is 26.7. The Kier molecular flexibility index (Phi) is 7.15. The predicted molar refractivity (Wildman–Crippen MR) is 140 cm³/mol. The number of primary amides is 1. The van der Waals surface area contributed by atoms with Crippen LogP contribution in [0.15, 0.2) is 63.8 Å². The molecule has 0 bridgehead atoms. The van der Waals surface area contributed by atoms with Crippen molar-refractivity contribution in [3.63, 3.8) is 0 Å². The largest absolute Gasteiger partial charge is 0.493 e. The van der Waals surface area contributed by atoms with Crippen LogP contribution in [0.2, 0.25) is 0 Å². The molecule has 0 aliphatic heterocycles. The number of hydrogen-bond donors (Lipinski definition) is 2. The summed E-state index contributed by atoms with van der Waals surface area (Å²) in [4.78, 5) is 38.0. The Labute approximate surface area is 212 Å². The molecule has 0 aliphatic carbocycles. The molecule has 0 atom stereocenters. The van der Waals surface area contributed by atoms with E-state index in [4.69, 9.17) is 24.4 Å². The molecule has 190 valence electrons. The Morgan fingerprint density at radius 1 is 0.973 bits per heavy atom. The van der Waals surface area contributed by atoms with Gasteiger partial charge in [-0.25, -0.2) is 0 Å². The third-order valence-corrected chi connectivity index (χ3v) is 5.76. The van der Waals surface area contributed by atoms with Crippen LogP contribution in [-0.2, 0) is 4.79 Å². The highest BCUT2D eigenvalue weighted by atomic mass is 16.5. The number of anilines is 1. The van der Waals surface area contributed by atoms with Crippen molar-refractivity contribution in [3.8, 4) is 28.6 Å². The van der Waals surface area contributed by atoms with E-state index >= 15 is 0 Å². The van der Waals surface area contributed by atoms with E-state index in [0.29, 0.717) is 33.6 Å². The van der Waals surface area contributed by atoms with Gasteiger partial charge in [0.1, 0.15) is 5.58 Å². The smallest absolute Gasteiger partial charge is 0.262 e. The number of methoxy groups -OCH3 is 2. The van der Waals surface area contributed by atoms with Crippen molar-refractivity contribution in [3.05, 3.63) is 81.5 Å². The number of para-hydroxylation sites is 1. The van der Waals surface area contributed by atoms with Crippen molar-refractivity contribution < 1.29 is 28.2 Å². The molecular weight excluding hydrogens is 476 g/mol. The summed E-state index contributed by atoms with van der Waals surface area (Å²) >= 11 is 0. The van der Waals surface area contributed by atoms with Crippen LogP contribution in [-0.4, -0.2) is 32.6 Å². The van der Waals surface area contributed by atoms with Gasteiger partial charge < -0.3 is 29.7 Å². The molecule has 4 aromatic rings. The van der Waals surface area contributed by atoms with E-state index in [0.717, 1.165) is 5.56 Å². The summed E-state index contributed by atoms with van der Waals surface area (Å²) in [6.07, 6.45) is 0. The first kappa shape index (κ1) is 25.3. The normalized spacial score (nSPS) is 10.7. The van der Waals surface area contributed by atoms with Crippen molar-refractivity contribution in [2.24, 2.45) is 5.73 Å². The standard InChI is InChI=1S/C28H26N2O7/c1-15-11-16(2)24-22(12-15)37-26(17-9-10-20(34-3)21(13-17)35-4)27(25(24)32)36-14-23(31)30-19-8-6-5-7-18(19)28(29)33/h5-13H,14H2,1-4H3,(H2,29,33)(H,30,31). The minimum atomic E-state index is -0.687. The molecule has 3 aromatic carbocycles. The third kappa shape index (κ3) is 5.11. The maximum atomic E-state index is 13.6. The minimum Gasteiger partial charge on any atom is -0.493 e. The van der Waals surface area contributed by atoms with Crippen LogP contribution in [0.3, 0.4) is 0 Å². The topological polar surface area (TPSA) is 130 Å². The second-order valence-corrected chi connectivity index (χ2v) is 8.36. The molecule has 3 N–H and O–H groups in total. The SMILES string of the molecule is COc1ccc(-c2oc3cc(C)cc(C)c3c(=O)c2OCC(=O)Nc2ccccc2C(N)=O)cc1OC. The van der Waals surface area contributed by atoms with Crippen LogP contribution in [0.1, 0.15) is 21.5 Å². The van der Waals surface area contributed by atoms with Crippen molar-refractivity contribution in [1.29, 1.82) is 0 Å². The number of benzene rings is 3. The van der Waals surface area contributed by atoms with E-state index in [1.165, 1.54) is 20.3 Å². The van der Waals surface area contributed by atoms with Crippen LogP contribution < -0.4 is 30.7 Å². The van der Waals surface area contributed by atoms with Crippen molar-refractivity contribution >= 4 is 28.5 Å². The molecule has 0 fully saturated rings. The van der Waals surface area contributed by atoms with E-state index in [1.54, 1.807) is 49.4 Å². The second kappa shape index (κ2) is 10.4. The fraction of sp³-hybridized carbons (Fsp3) is 0.179. The second-order valence-electron chi connectivity index (χ2n) is 8.36. The maximum absolute atomic E-state index is 13.6. The minimum absolute atomic E-state index is 0.133. The third-order valence-electron chi connectivity index (χ3n) is 5.76. The van der Waals surface area contributed by atoms with Crippen LogP contribution >= 0.6 is 0 Å². The highest BCUT2D eigenvalue weighted by Crippen LogP contribution is 2.37. The number of nitrogens with one attached hydrogen (secondary N) is 1. The summed E-state index contributed by atoms with van der Waals surface area (Å²) in [7, 11) is 3.01. The zero-order valence-corrected chi connectivity index (χ0v) is 20.8. The van der Waals surface area contributed by atoms with Crippen LogP contribution in [0.5, 0.6) is 17.2 Å². The summed E-state index contributed by atoms with van der Waals surface area (Å²) in [5, 5.41) is 2.95. The fourth-order valence-corrected chi connectivity index (χ4v) is 4.10. The van der Waals surface area contributed by atoms with Gasteiger partial charge in [-0.3, -0.25) is 14.4 Å². The molecule has 0 unspecified atom stereocenters. The van der Waals surface area contributed by atoms with Gasteiger partial charge >= 0.3 is 0 Å². The van der Waals surface area contributed by atoms with Gasteiger partial charge in [0, 0.05) is 5.56 Å². The highest BCUT2D eigenvalue weighted by molar-refractivity contribution is 6.03. The first-order valence-corrected chi connectivity index (χ1v) is 11.4. The van der Waals surface area contributed by atoms with Gasteiger partial charge in [0.15, 0.2) is 23.9 Å². The van der Waals surface area contributed by atoms with E-state index < -0.39 is 23.9 Å². The molecule has 4 rings (SSSR count). The monoisotopic (exact) mass is 502 g/mol. The first-order valence-electron chi connectivity index (χ1n) is 11.4. The number of hydrogen-bond acceptors (Lipinski definition) is 7. The number of amides is 2. The molecule has 0 aliphatic rings. The molecule has 0 saturated carbocycles. The number of rotatable bonds is 8. The predicted octanol–water partition coefficient (Wildman–Crippen LogP) is 4.21. The lowest BCUT2D eigenvalue weighted by atomic mass is 10.0. The van der Waals surface area contributed by atoms with Gasteiger partial charge in [-0.15, -0.1) is 0 Å². The van der Waals surface area contributed by atoms with Gasteiger partial charge in [-0.05, 0) is 61.4 Å². The molecule has 1 heterocycles. The summed E-state index contributed by atoms with van der Waals surface area (Å²) in [6.45, 7) is 3.19. The maximum Gasteiger partial charge on any atom is 0.262 e. The molecule has 2 amide bonds. The molecule has 1 aromatic heterocycles. The molecular formula is C28H26N2O7. The molecule has 0 radical (unpaired) electrons. The van der Waals surface area contributed by atoms with Gasteiger partial charge in [-0.2, -0.15) is 0 Å². The van der Waals surface area contributed by atoms with Crippen LogP contribution in [0, 0.1) is 13.8 Å². The van der Waals surface area contributed by atoms with Gasteiger partial charge in [0.05, 0.1) is 30.9 Å². The Hall–Kier alpha value is -4.79. The van der Waals surface area contributed by atoms with E-state index in [9.17, 15) is 14.4 Å². The lowest BCUT2D eigenvalue weighted by Crippen LogP contribution is -2.24. The Balaban J connectivity index is 1.77. The summed E-state index contributed by atoms with van der Waals surface area (Å²) < 4.78 is 22.7. The lowest BCUT2D eigenvalue weighted by Gasteiger charge is -2.15. The number of carbonyl (C=O) groups is 2. The quantitative estimate of drug-likeness (QED) is 0.369. The highest BCUT2D eigenvalue weighted by Gasteiger charge is 2.22. The summed E-state index contributed by atoms with van der Waals surface area (Å²) in [5.74, 6) is -0.356.